The number of aryl methyl sites for hydroxylation is 1. The molecule has 0 saturated heterocycles. The van der Waals surface area contributed by atoms with Crippen molar-refractivity contribution < 1.29 is 22.7 Å². The number of ether oxygens (including phenoxy) is 1. The molecule has 0 spiro atoms. The van der Waals surface area contributed by atoms with E-state index in [-0.39, 0.29) is 12.2 Å². The molecule has 8 heteroatoms. The number of rotatable bonds is 7. The van der Waals surface area contributed by atoms with Crippen molar-refractivity contribution in [1.82, 2.24) is 5.32 Å². The molecule has 0 heterocycles. The minimum Gasteiger partial charge on any atom is -0.465 e. The fraction of sp³-hybridized carbons (Fsp3) is 0.263. The predicted octanol–water partition coefficient (Wildman–Crippen LogP) is 1.86. The molecule has 144 valence electrons. The molecular formula is C19H22N2O5S. The second-order valence-corrected chi connectivity index (χ2v) is 7.98. The van der Waals surface area contributed by atoms with Crippen molar-refractivity contribution in [2.24, 2.45) is 0 Å². The van der Waals surface area contributed by atoms with Crippen LogP contribution < -0.4 is 9.62 Å². The molecule has 0 aliphatic rings. The molecule has 2 aromatic carbocycles. The summed E-state index contributed by atoms with van der Waals surface area (Å²) in [5.41, 5.74) is 2.61. The number of carbonyl (C=O) groups is 2. The zero-order chi connectivity index (χ0) is 20.0. The Morgan fingerprint density at radius 2 is 1.63 bits per heavy atom. The highest BCUT2D eigenvalue weighted by Crippen LogP contribution is 2.18. The number of esters is 1. The lowest BCUT2D eigenvalue weighted by Crippen LogP contribution is -2.40. The highest BCUT2D eigenvalue weighted by Gasteiger charge is 2.21. The summed E-state index contributed by atoms with van der Waals surface area (Å²) in [7, 11) is -2.42. The van der Waals surface area contributed by atoms with E-state index in [4.69, 9.17) is 0 Å². The Morgan fingerprint density at radius 3 is 2.15 bits per heavy atom. The van der Waals surface area contributed by atoms with Crippen molar-refractivity contribution >= 4 is 27.6 Å². The van der Waals surface area contributed by atoms with Gasteiger partial charge in [0.15, 0.2) is 0 Å². The summed E-state index contributed by atoms with van der Waals surface area (Å²) in [6.45, 7) is 1.91. The van der Waals surface area contributed by atoms with E-state index in [1.807, 2.05) is 31.2 Å². The summed E-state index contributed by atoms with van der Waals surface area (Å²) >= 11 is 0. The molecule has 0 aliphatic carbocycles. The number of anilines is 1. The molecule has 0 aromatic heterocycles. The van der Waals surface area contributed by atoms with Crippen molar-refractivity contribution in [3.8, 4) is 0 Å². The van der Waals surface area contributed by atoms with Crippen LogP contribution in [0.1, 0.15) is 21.5 Å². The number of nitrogens with zero attached hydrogens (tertiary/aromatic N) is 1. The molecule has 0 aliphatic heterocycles. The van der Waals surface area contributed by atoms with Gasteiger partial charge in [0.05, 0.1) is 24.6 Å². The van der Waals surface area contributed by atoms with Crippen LogP contribution in [0.3, 0.4) is 0 Å². The average molecular weight is 390 g/mol. The van der Waals surface area contributed by atoms with Crippen molar-refractivity contribution in [3.63, 3.8) is 0 Å². The van der Waals surface area contributed by atoms with Gasteiger partial charge in [-0.3, -0.25) is 9.10 Å². The van der Waals surface area contributed by atoms with Gasteiger partial charge in [-0.2, -0.15) is 0 Å². The first-order valence-electron chi connectivity index (χ1n) is 8.19. The van der Waals surface area contributed by atoms with Crippen LogP contribution in [0, 0.1) is 6.92 Å². The van der Waals surface area contributed by atoms with Crippen LogP contribution >= 0.6 is 0 Å². The minimum atomic E-state index is -3.68. The van der Waals surface area contributed by atoms with Crippen LogP contribution in [0.4, 0.5) is 5.69 Å². The van der Waals surface area contributed by atoms with Gasteiger partial charge in [0.2, 0.25) is 15.9 Å². The lowest BCUT2D eigenvalue weighted by atomic mass is 10.1. The number of benzene rings is 2. The van der Waals surface area contributed by atoms with Crippen molar-refractivity contribution in [2.75, 3.05) is 24.2 Å². The van der Waals surface area contributed by atoms with Crippen LogP contribution in [0.15, 0.2) is 48.5 Å². The molecule has 0 saturated carbocycles. The van der Waals surface area contributed by atoms with E-state index < -0.39 is 21.9 Å². The third-order valence-corrected chi connectivity index (χ3v) is 5.01. The summed E-state index contributed by atoms with van der Waals surface area (Å²) in [5, 5.41) is 2.71. The Balaban J connectivity index is 2.09. The fourth-order valence-electron chi connectivity index (χ4n) is 2.37. The van der Waals surface area contributed by atoms with Crippen LogP contribution in [0.5, 0.6) is 0 Å². The molecule has 0 bridgehead atoms. The summed E-state index contributed by atoms with van der Waals surface area (Å²) in [6, 6.07) is 13.5. The Bertz CT molecular complexity index is 906. The fourth-order valence-corrected chi connectivity index (χ4v) is 3.23. The summed E-state index contributed by atoms with van der Waals surface area (Å²) in [5.74, 6) is -0.957. The van der Waals surface area contributed by atoms with E-state index in [0.29, 0.717) is 12.1 Å². The molecule has 7 nitrogen and oxygen atoms in total. The number of hydrogen-bond acceptors (Lipinski definition) is 5. The summed E-state index contributed by atoms with van der Waals surface area (Å²) in [4.78, 5) is 23.7. The van der Waals surface area contributed by atoms with Crippen LogP contribution in [-0.2, 0) is 26.1 Å². The van der Waals surface area contributed by atoms with Gasteiger partial charge in [-0.05, 0) is 36.8 Å². The van der Waals surface area contributed by atoms with E-state index in [2.05, 4.69) is 10.1 Å². The third-order valence-electron chi connectivity index (χ3n) is 3.87. The summed E-state index contributed by atoms with van der Waals surface area (Å²) in [6.07, 6.45) is 1.02. The molecular weight excluding hydrogens is 368 g/mol. The highest BCUT2D eigenvalue weighted by molar-refractivity contribution is 7.92. The topological polar surface area (TPSA) is 92.8 Å². The standard InChI is InChI=1S/C19H22N2O5S/c1-14-4-6-15(7-5-14)12-20-18(22)13-21(27(3,24)25)17-10-8-16(9-11-17)19(23)26-2/h4-11H,12-13H2,1-3H3,(H,20,22). The Kier molecular flexibility index (Phi) is 6.57. The van der Waals surface area contributed by atoms with Gasteiger partial charge in [-0.15, -0.1) is 0 Å². The highest BCUT2D eigenvalue weighted by atomic mass is 32.2. The lowest BCUT2D eigenvalue weighted by Gasteiger charge is -2.22. The molecule has 0 unspecified atom stereocenters. The molecule has 27 heavy (non-hydrogen) atoms. The van der Waals surface area contributed by atoms with Gasteiger partial charge >= 0.3 is 5.97 Å². The SMILES string of the molecule is COC(=O)c1ccc(N(CC(=O)NCc2ccc(C)cc2)S(C)(=O)=O)cc1. The number of carbonyl (C=O) groups excluding carboxylic acids is 2. The monoisotopic (exact) mass is 390 g/mol. The maximum Gasteiger partial charge on any atom is 0.337 e. The smallest absolute Gasteiger partial charge is 0.337 e. The first-order valence-corrected chi connectivity index (χ1v) is 10.0. The van der Waals surface area contributed by atoms with E-state index in [0.717, 1.165) is 21.7 Å². The molecule has 2 aromatic rings. The number of hydrogen-bond donors (Lipinski definition) is 1. The van der Waals surface area contributed by atoms with Crippen LogP contribution in [-0.4, -0.2) is 40.2 Å². The third kappa shape index (κ3) is 5.82. The van der Waals surface area contributed by atoms with Crippen molar-refractivity contribution in [2.45, 2.75) is 13.5 Å². The van der Waals surface area contributed by atoms with Gasteiger partial charge in [-0.25, -0.2) is 13.2 Å². The van der Waals surface area contributed by atoms with E-state index in [1.165, 1.54) is 31.4 Å². The van der Waals surface area contributed by atoms with Crippen LogP contribution in [0.2, 0.25) is 0 Å². The normalized spacial score (nSPS) is 10.9. The number of methoxy groups -OCH3 is 1. The van der Waals surface area contributed by atoms with E-state index >= 15 is 0 Å². The Morgan fingerprint density at radius 1 is 1.04 bits per heavy atom. The lowest BCUT2D eigenvalue weighted by molar-refractivity contribution is -0.119. The molecule has 2 rings (SSSR count). The number of sulfonamides is 1. The summed E-state index contributed by atoms with van der Waals surface area (Å²) < 4.78 is 29.8. The van der Waals surface area contributed by atoms with Gasteiger partial charge in [0.25, 0.3) is 0 Å². The zero-order valence-corrected chi connectivity index (χ0v) is 16.2. The zero-order valence-electron chi connectivity index (χ0n) is 15.4. The first kappa shape index (κ1) is 20.4. The Labute approximate surface area is 159 Å². The number of amides is 1. The van der Waals surface area contributed by atoms with E-state index in [9.17, 15) is 18.0 Å². The molecule has 0 atom stereocenters. The van der Waals surface area contributed by atoms with Gasteiger partial charge < -0.3 is 10.1 Å². The number of nitrogens with one attached hydrogen (secondary N) is 1. The van der Waals surface area contributed by atoms with Crippen LogP contribution in [0.25, 0.3) is 0 Å². The first-order chi connectivity index (χ1) is 12.7. The Hall–Kier alpha value is -2.87. The van der Waals surface area contributed by atoms with Crippen molar-refractivity contribution in [1.29, 1.82) is 0 Å². The quantitative estimate of drug-likeness (QED) is 0.729. The van der Waals surface area contributed by atoms with Crippen molar-refractivity contribution in [3.05, 3.63) is 65.2 Å². The van der Waals surface area contributed by atoms with Gasteiger partial charge in [-0.1, -0.05) is 29.8 Å². The van der Waals surface area contributed by atoms with Gasteiger partial charge in [0, 0.05) is 6.54 Å². The van der Waals surface area contributed by atoms with Gasteiger partial charge in [0.1, 0.15) is 6.54 Å². The maximum absolute atomic E-state index is 12.2. The second kappa shape index (κ2) is 8.68. The molecule has 1 amide bonds. The predicted molar refractivity (Wildman–Crippen MR) is 103 cm³/mol. The second-order valence-electron chi connectivity index (χ2n) is 6.07. The molecule has 0 fully saturated rings. The largest absolute Gasteiger partial charge is 0.465 e. The molecule has 0 radical (unpaired) electrons. The maximum atomic E-state index is 12.2. The molecule has 1 N–H and O–H groups in total. The minimum absolute atomic E-state index is 0.288. The average Bonchev–Trinajstić information content (AvgIpc) is 2.64. The van der Waals surface area contributed by atoms with E-state index in [1.54, 1.807) is 0 Å².